The summed E-state index contributed by atoms with van der Waals surface area (Å²) in [7, 11) is 0. The second-order valence-electron chi connectivity index (χ2n) is 5.61. The van der Waals surface area contributed by atoms with Gasteiger partial charge in [0, 0.05) is 5.56 Å². The van der Waals surface area contributed by atoms with E-state index >= 15 is 0 Å². The summed E-state index contributed by atoms with van der Waals surface area (Å²) in [5, 5.41) is 18.0. The number of aliphatic hydroxyl groups is 1. The highest BCUT2D eigenvalue weighted by Gasteiger charge is 2.17. The standard InChI is InChI=1S/C18H19N3O/c1-12-5-4-6-15(9-12)18-16(11-22)19-20-21(18)17-10-13(2)7-8-14(17)3/h4-10,22H,11H2,1-3H3. The molecule has 0 saturated carbocycles. The summed E-state index contributed by atoms with van der Waals surface area (Å²) in [6, 6.07) is 14.4. The van der Waals surface area contributed by atoms with Gasteiger partial charge in [-0.15, -0.1) is 5.10 Å². The molecule has 2 aromatic carbocycles. The molecular weight excluding hydrogens is 274 g/mol. The molecule has 0 aliphatic heterocycles. The van der Waals surface area contributed by atoms with Gasteiger partial charge in [0.05, 0.1) is 12.3 Å². The fourth-order valence-electron chi connectivity index (χ4n) is 2.62. The van der Waals surface area contributed by atoms with Crippen molar-refractivity contribution >= 4 is 0 Å². The molecule has 0 bridgehead atoms. The highest BCUT2D eigenvalue weighted by molar-refractivity contribution is 5.65. The molecule has 0 aliphatic carbocycles. The van der Waals surface area contributed by atoms with Crippen LogP contribution >= 0.6 is 0 Å². The lowest BCUT2D eigenvalue weighted by Gasteiger charge is -2.11. The molecule has 0 radical (unpaired) electrons. The van der Waals surface area contributed by atoms with Gasteiger partial charge < -0.3 is 5.11 Å². The van der Waals surface area contributed by atoms with Crippen LogP contribution in [0.15, 0.2) is 42.5 Å². The summed E-state index contributed by atoms with van der Waals surface area (Å²) in [6.45, 7) is 6.02. The van der Waals surface area contributed by atoms with Gasteiger partial charge in [0.2, 0.25) is 0 Å². The number of nitrogens with zero attached hydrogens (tertiary/aromatic N) is 3. The predicted octanol–water partition coefficient (Wildman–Crippen LogP) is 3.35. The number of aromatic nitrogens is 3. The Bertz CT molecular complexity index is 821. The van der Waals surface area contributed by atoms with E-state index in [1.807, 2.05) is 29.8 Å². The van der Waals surface area contributed by atoms with Gasteiger partial charge in [0.15, 0.2) is 0 Å². The second kappa shape index (κ2) is 5.73. The zero-order valence-electron chi connectivity index (χ0n) is 13.0. The minimum Gasteiger partial charge on any atom is -0.390 e. The molecule has 0 saturated heterocycles. The van der Waals surface area contributed by atoms with Gasteiger partial charge >= 0.3 is 0 Å². The summed E-state index contributed by atoms with van der Waals surface area (Å²) < 4.78 is 1.82. The molecule has 112 valence electrons. The van der Waals surface area contributed by atoms with Gasteiger partial charge in [-0.1, -0.05) is 41.1 Å². The molecule has 1 heterocycles. The van der Waals surface area contributed by atoms with E-state index in [0.29, 0.717) is 5.69 Å². The molecule has 4 heteroatoms. The molecule has 3 rings (SSSR count). The van der Waals surface area contributed by atoms with Crippen molar-refractivity contribution in [3.05, 3.63) is 64.8 Å². The maximum absolute atomic E-state index is 9.62. The van der Waals surface area contributed by atoms with E-state index in [4.69, 9.17) is 0 Å². The van der Waals surface area contributed by atoms with Crippen LogP contribution in [0.4, 0.5) is 0 Å². The maximum Gasteiger partial charge on any atom is 0.117 e. The quantitative estimate of drug-likeness (QED) is 0.805. The largest absolute Gasteiger partial charge is 0.390 e. The number of hydrogen-bond acceptors (Lipinski definition) is 3. The van der Waals surface area contributed by atoms with E-state index in [2.05, 4.69) is 48.4 Å². The number of rotatable bonds is 3. The smallest absolute Gasteiger partial charge is 0.117 e. The van der Waals surface area contributed by atoms with Crippen molar-refractivity contribution in [2.45, 2.75) is 27.4 Å². The Morgan fingerprint density at radius 1 is 1.00 bits per heavy atom. The van der Waals surface area contributed by atoms with Crippen molar-refractivity contribution in [2.24, 2.45) is 0 Å². The molecule has 4 nitrogen and oxygen atoms in total. The Morgan fingerprint density at radius 3 is 2.50 bits per heavy atom. The van der Waals surface area contributed by atoms with E-state index in [9.17, 15) is 5.11 Å². The van der Waals surface area contributed by atoms with Crippen LogP contribution in [0, 0.1) is 20.8 Å². The van der Waals surface area contributed by atoms with E-state index in [1.165, 1.54) is 0 Å². The summed E-state index contributed by atoms with van der Waals surface area (Å²) in [4.78, 5) is 0. The van der Waals surface area contributed by atoms with Crippen molar-refractivity contribution in [1.29, 1.82) is 0 Å². The third-order valence-electron chi connectivity index (χ3n) is 3.77. The molecular formula is C18H19N3O. The lowest BCUT2D eigenvalue weighted by Crippen LogP contribution is -2.03. The maximum atomic E-state index is 9.62. The zero-order valence-corrected chi connectivity index (χ0v) is 13.0. The van der Waals surface area contributed by atoms with Crippen LogP contribution in [0.25, 0.3) is 16.9 Å². The van der Waals surface area contributed by atoms with E-state index in [1.54, 1.807) is 0 Å². The molecule has 1 aromatic heterocycles. The third-order valence-corrected chi connectivity index (χ3v) is 3.77. The van der Waals surface area contributed by atoms with Crippen LogP contribution < -0.4 is 0 Å². The first-order valence-corrected chi connectivity index (χ1v) is 7.30. The molecule has 0 amide bonds. The number of aliphatic hydroxyl groups excluding tert-OH is 1. The van der Waals surface area contributed by atoms with Gasteiger partial charge in [0.25, 0.3) is 0 Å². The second-order valence-corrected chi connectivity index (χ2v) is 5.61. The van der Waals surface area contributed by atoms with E-state index in [-0.39, 0.29) is 6.61 Å². The minimum atomic E-state index is -0.131. The normalized spacial score (nSPS) is 10.9. The average Bonchev–Trinajstić information content (AvgIpc) is 2.93. The fraction of sp³-hybridized carbons (Fsp3) is 0.222. The van der Waals surface area contributed by atoms with Gasteiger partial charge in [-0.25, -0.2) is 4.68 Å². The first-order valence-electron chi connectivity index (χ1n) is 7.30. The lowest BCUT2D eigenvalue weighted by atomic mass is 10.1. The van der Waals surface area contributed by atoms with Gasteiger partial charge in [-0.3, -0.25) is 0 Å². The van der Waals surface area contributed by atoms with Crippen molar-refractivity contribution in [3.8, 4) is 16.9 Å². The third kappa shape index (κ3) is 2.53. The molecule has 0 unspecified atom stereocenters. The molecule has 3 aromatic rings. The summed E-state index contributed by atoms with van der Waals surface area (Å²) in [5.41, 5.74) is 6.88. The summed E-state index contributed by atoms with van der Waals surface area (Å²) in [6.07, 6.45) is 0. The van der Waals surface area contributed by atoms with Crippen molar-refractivity contribution in [1.82, 2.24) is 15.0 Å². The Hall–Kier alpha value is -2.46. The lowest BCUT2D eigenvalue weighted by molar-refractivity contribution is 0.277. The van der Waals surface area contributed by atoms with Crippen LogP contribution in [0.3, 0.4) is 0 Å². The highest BCUT2D eigenvalue weighted by Crippen LogP contribution is 2.27. The van der Waals surface area contributed by atoms with Gasteiger partial charge in [0.1, 0.15) is 11.4 Å². The fourth-order valence-corrected chi connectivity index (χ4v) is 2.62. The topological polar surface area (TPSA) is 50.9 Å². The Kier molecular flexibility index (Phi) is 3.77. The minimum absolute atomic E-state index is 0.131. The van der Waals surface area contributed by atoms with E-state index in [0.717, 1.165) is 33.6 Å². The Labute approximate surface area is 130 Å². The summed E-state index contributed by atoms with van der Waals surface area (Å²) >= 11 is 0. The van der Waals surface area contributed by atoms with Gasteiger partial charge in [-0.2, -0.15) is 0 Å². The van der Waals surface area contributed by atoms with Crippen LogP contribution in [0.5, 0.6) is 0 Å². The SMILES string of the molecule is Cc1cccc(-c2c(CO)nnn2-c2cc(C)ccc2C)c1. The molecule has 0 atom stereocenters. The van der Waals surface area contributed by atoms with E-state index < -0.39 is 0 Å². The van der Waals surface area contributed by atoms with Crippen molar-refractivity contribution < 1.29 is 5.11 Å². The molecule has 0 fully saturated rings. The first-order chi connectivity index (χ1) is 10.6. The number of hydrogen-bond donors (Lipinski definition) is 1. The number of benzene rings is 2. The molecule has 0 aliphatic rings. The summed E-state index contributed by atoms with van der Waals surface area (Å²) in [5.74, 6) is 0. The zero-order chi connectivity index (χ0) is 15.7. The van der Waals surface area contributed by atoms with Crippen LogP contribution in [0.1, 0.15) is 22.4 Å². The molecule has 22 heavy (non-hydrogen) atoms. The van der Waals surface area contributed by atoms with Crippen molar-refractivity contribution in [3.63, 3.8) is 0 Å². The van der Waals surface area contributed by atoms with Crippen LogP contribution in [0.2, 0.25) is 0 Å². The van der Waals surface area contributed by atoms with Crippen LogP contribution in [-0.4, -0.2) is 20.1 Å². The Morgan fingerprint density at radius 2 is 1.77 bits per heavy atom. The van der Waals surface area contributed by atoms with Crippen molar-refractivity contribution in [2.75, 3.05) is 0 Å². The highest BCUT2D eigenvalue weighted by atomic mass is 16.3. The molecule has 1 N–H and O–H groups in total. The monoisotopic (exact) mass is 293 g/mol. The first kappa shape index (κ1) is 14.5. The molecule has 0 spiro atoms. The van der Waals surface area contributed by atoms with Gasteiger partial charge in [-0.05, 0) is 44.0 Å². The van der Waals surface area contributed by atoms with Crippen LogP contribution in [-0.2, 0) is 6.61 Å². The average molecular weight is 293 g/mol. The Balaban J connectivity index is 2.26. The predicted molar refractivity (Wildman–Crippen MR) is 86.9 cm³/mol. The number of aryl methyl sites for hydroxylation is 3.